The van der Waals surface area contributed by atoms with E-state index in [0.717, 1.165) is 12.8 Å². The predicted octanol–water partition coefficient (Wildman–Crippen LogP) is 2.84. The molecule has 1 fully saturated rings. The van der Waals surface area contributed by atoms with Crippen molar-refractivity contribution < 1.29 is 13.2 Å². The number of nitrogens with one attached hydrogen (secondary N) is 1. The highest BCUT2D eigenvalue weighted by atomic mass is 35.5. The summed E-state index contributed by atoms with van der Waals surface area (Å²) in [6, 6.07) is 4.05. The normalized spacial score (nSPS) is 21.5. The zero-order chi connectivity index (χ0) is 14.0. The van der Waals surface area contributed by atoms with Gasteiger partial charge in [0, 0.05) is 17.7 Å². The number of sulfonamides is 1. The molecular formula is C12H15Cl2NO3S. The molecule has 0 radical (unpaired) electrons. The van der Waals surface area contributed by atoms with Gasteiger partial charge in [-0.05, 0) is 38.0 Å². The molecule has 1 aromatic rings. The summed E-state index contributed by atoms with van der Waals surface area (Å²) < 4.78 is 32.6. The maximum Gasteiger partial charge on any atom is 0.242 e. The molecule has 1 aliphatic heterocycles. The fraction of sp³-hybridized carbons (Fsp3) is 0.500. The van der Waals surface area contributed by atoms with E-state index in [4.69, 9.17) is 27.9 Å². The first-order valence-electron chi connectivity index (χ1n) is 5.99. The van der Waals surface area contributed by atoms with Crippen LogP contribution in [-0.2, 0) is 14.8 Å². The fourth-order valence-electron chi connectivity index (χ4n) is 2.06. The number of hydrogen-bond donors (Lipinski definition) is 1. The van der Waals surface area contributed by atoms with Crippen LogP contribution in [0.15, 0.2) is 23.1 Å². The minimum absolute atomic E-state index is 0.00786. The van der Waals surface area contributed by atoms with Crippen LogP contribution in [0.5, 0.6) is 0 Å². The second kappa shape index (κ2) is 5.97. The molecule has 1 heterocycles. The van der Waals surface area contributed by atoms with Crippen LogP contribution in [0.4, 0.5) is 0 Å². The van der Waals surface area contributed by atoms with E-state index in [0.29, 0.717) is 11.6 Å². The monoisotopic (exact) mass is 323 g/mol. The first kappa shape index (κ1) is 15.1. The lowest BCUT2D eigenvalue weighted by Crippen LogP contribution is -2.40. The lowest BCUT2D eigenvalue weighted by molar-refractivity contribution is 0.0902. The van der Waals surface area contributed by atoms with E-state index in [1.54, 1.807) is 13.0 Å². The van der Waals surface area contributed by atoms with Gasteiger partial charge in [0.05, 0.1) is 11.1 Å². The molecule has 2 atom stereocenters. The molecule has 0 bridgehead atoms. The largest absolute Gasteiger partial charge is 0.377 e. The van der Waals surface area contributed by atoms with Crippen LogP contribution < -0.4 is 4.72 Å². The highest BCUT2D eigenvalue weighted by Gasteiger charge is 2.28. The van der Waals surface area contributed by atoms with Crippen molar-refractivity contribution in [3.63, 3.8) is 0 Å². The average molecular weight is 324 g/mol. The predicted molar refractivity (Wildman–Crippen MR) is 75.2 cm³/mol. The van der Waals surface area contributed by atoms with Crippen LogP contribution in [0.25, 0.3) is 0 Å². The molecular weight excluding hydrogens is 309 g/mol. The van der Waals surface area contributed by atoms with Gasteiger partial charge in [-0.15, -0.1) is 0 Å². The molecule has 1 aliphatic rings. The maximum absolute atomic E-state index is 12.3. The van der Waals surface area contributed by atoms with Crippen LogP contribution in [0.3, 0.4) is 0 Å². The van der Waals surface area contributed by atoms with Gasteiger partial charge in [0.25, 0.3) is 0 Å². The molecule has 0 aromatic heterocycles. The molecule has 1 aromatic carbocycles. The Hall–Kier alpha value is -0.330. The number of benzene rings is 1. The van der Waals surface area contributed by atoms with E-state index >= 15 is 0 Å². The van der Waals surface area contributed by atoms with E-state index in [1.807, 2.05) is 0 Å². The van der Waals surface area contributed by atoms with E-state index in [-0.39, 0.29) is 22.1 Å². The second-order valence-corrected chi connectivity index (χ2v) is 7.06. The van der Waals surface area contributed by atoms with Crippen molar-refractivity contribution in [1.29, 1.82) is 0 Å². The van der Waals surface area contributed by atoms with Crippen molar-refractivity contribution in [1.82, 2.24) is 4.72 Å². The van der Waals surface area contributed by atoms with E-state index in [9.17, 15) is 8.42 Å². The Bertz CT molecular complexity index is 556. The third kappa shape index (κ3) is 3.61. The van der Waals surface area contributed by atoms with Gasteiger partial charge in [-0.3, -0.25) is 0 Å². The Morgan fingerprint density at radius 3 is 2.79 bits per heavy atom. The Kier molecular flexibility index (Phi) is 4.74. The second-order valence-electron chi connectivity index (χ2n) is 4.54. The fourth-order valence-corrected chi connectivity index (χ4v) is 4.10. The molecule has 0 aliphatic carbocycles. The number of hydrogen-bond acceptors (Lipinski definition) is 3. The molecule has 0 amide bonds. The highest BCUT2D eigenvalue weighted by Crippen LogP contribution is 2.26. The third-order valence-corrected chi connectivity index (χ3v) is 5.32. The van der Waals surface area contributed by atoms with E-state index in [1.165, 1.54) is 12.1 Å². The van der Waals surface area contributed by atoms with Crippen LogP contribution in [0.1, 0.15) is 19.8 Å². The Labute approximate surface area is 123 Å². The molecule has 7 heteroatoms. The summed E-state index contributed by atoms with van der Waals surface area (Å²) in [4.78, 5) is -0.00786. The van der Waals surface area contributed by atoms with Gasteiger partial charge >= 0.3 is 0 Å². The van der Waals surface area contributed by atoms with Gasteiger partial charge in [-0.2, -0.15) is 0 Å². The zero-order valence-electron chi connectivity index (χ0n) is 10.4. The number of halogens is 2. The quantitative estimate of drug-likeness (QED) is 0.926. The summed E-state index contributed by atoms with van der Waals surface area (Å²) in [5.41, 5.74) is 0. The van der Waals surface area contributed by atoms with Crippen LogP contribution in [-0.4, -0.2) is 27.2 Å². The van der Waals surface area contributed by atoms with Gasteiger partial charge in [0.1, 0.15) is 4.90 Å². The summed E-state index contributed by atoms with van der Waals surface area (Å²) in [6.07, 6.45) is 1.72. The van der Waals surface area contributed by atoms with Crippen molar-refractivity contribution in [3.05, 3.63) is 28.2 Å². The number of ether oxygens (including phenoxy) is 1. The molecule has 19 heavy (non-hydrogen) atoms. The first-order chi connectivity index (χ1) is 8.90. The van der Waals surface area contributed by atoms with Gasteiger partial charge in [-0.25, -0.2) is 13.1 Å². The minimum atomic E-state index is -3.70. The zero-order valence-corrected chi connectivity index (χ0v) is 12.7. The van der Waals surface area contributed by atoms with Gasteiger partial charge in [0.2, 0.25) is 10.0 Å². The summed E-state index contributed by atoms with van der Waals surface area (Å²) in [6.45, 7) is 2.46. The number of rotatable bonds is 4. The van der Waals surface area contributed by atoms with Crippen molar-refractivity contribution in [3.8, 4) is 0 Å². The first-order valence-corrected chi connectivity index (χ1v) is 8.23. The van der Waals surface area contributed by atoms with Crippen molar-refractivity contribution >= 4 is 33.2 Å². The summed E-state index contributed by atoms with van der Waals surface area (Å²) >= 11 is 11.7. The van der Waals surface area contributed by atoms with Gasteiger partial charge in [0.15, 0.2) is 0 Å². The van der Waals surface area contributed by atoms with Crippen molar-refractivity contribution in [2.75, 3.05) is 6.61 Å². The maximum atomic E-state index is 12.3. The van der Waals surface area contributed by atoms with E-state index in [2.05, 4.69) is 4.72 Å². The highest BCUT2D eigenvalue weighted by molar-refractivity contribution is 7.89. The average Bonchev–Trinajstić information content (AvgIpc) is 2.85. The molecule has 4 nitrogen and oxygen atoms in total. The SMILES string of the molecule is C[C@H](NS(=O)(=O)c1cc(Cl)ccc1Cl)[C@H]1CCCO1. The van der Waals surface area contributed by atoms with Crippen LogP contribution in [0, 0.1) is 0 Å². The van der Waals surface area contributed by atoms with Gasteiger partial charge < -0.3 is 4.74 Å². The smallest absolute Gasteiger partial charge is 0.242 e. The van der Waals surface area contributed by atoms with E-state index < -0.39 is 10.0 Å². The summed E-state index contributed by atoms with van der Waals surface area (Å²) in [5, 5.41) is 0.478. The Morgan fingerprint density at radius 2 is 2.16 bits per heavy atom. The Morgan fingerprint density at radius 1 is 1.42 bits per heavy atom. The Balaban J connectivity index is 2.19. The molecule has 0 spiro atoms. The third-order valence-electron chi connectivity index (χ3n) is 3.05. The van der Waals surface area contributed by atoms with Crippen LogP contribution in [0.2, 0.25) is 10.0 Å². The lowest BCUT2D eigenvalue weighted by atomic mass is 10.1. The molecule has 0 saturated carbocycles. The summed E-state index contributed by atoms with van der Waals surface area (Å²) in [7, 11) is -3.70. The van der Waals surface area contributed by atoms with Crippen LogP contribution >= 0.6 is 23.2 Å². The summed E-state index contributed by atoms with van der Waals surface area (Å²) in [5.74, 6) is 0. The molecule has 1 N–H and O–H groups in total. The molecule has 106 valence electrons. The molecule has 1 saturated heterocycles. The van der Waals surface area contributed by atoms with Crippen molar-refractivity contribution in [2.24, 2.45) is 0 Å². The molecule has 2 rings (SSSR count). The van der Waals surface area contributed by atoms with Crippen molar-refractivity contribution in [2.45, 2.75) is 36.8 Å². The topological polar surface area (TPSA) is 55.4 Å². The lowest BCUT2D eigenvalue weighted by Gasteiger charge is -2.20. The standard InChI is InChI=1S/C12H15Cl2NO3S/c1-8(11-3-2-6-18-11)15-19(16,17)12-7-9(13)4-5-10(12)14/h4-5,7-8,11,15H,2-3,6H2,1H3/t8-,11+/m0/s1. The minimum Gasteiger partial charge on any atom is -0.377 e. The van der Waals surface area contributed by atoms with Gasteiger partial charge in [-0.1, -0.05) is 23.2 Å². The molecule has 0 unspecified atom stereocenters.